The minimum absolute atomic E-state index is 0.208. The van der Waals surface area contributed by atoms with Crippen LogP contribution in [0.25, 0.3) is 0 Å². The third-order valence-corrected chi connectivity index (χ3v) is 6.59. The number of aromatic nitrogens is 1. The third kappa shape index (κ3) is 1.91. The Bertz CT molecular complexity index is 679. The van der Waals surface area contributed by atoms with Gasteiger partial charge in [-0.25, -0.2) is 4.98 Å². The van der Waals surface area contributed by atoms with Gasteiger partial charge in [-0.05, 0) is 48.6 Å². The zero-order chi connectivity index (χ0) is 14.7. The van der Waals surface area contributed by atoms with Crippen LogP contribution >= 0.6 is 11.3 Å². The van der Waals surface area contributed by atoms with Gasteiger partial charge in [-0.1, -0.05) is 38.1 Å². The fourth-order valence-electron chi connectivity index (χ4n) is 3.84. The second-order valence-corrected chi connectivity index (χ2v) is 8.23. The number of aryl methyl sites for hydroxylation is 2. The van der Waals surface area contributed by atoms with Gasteiger partial charge in [0.2, 0.25) is 0 Å². The topological polar surface area (TPSA) is 38.9 Å². The van der Waals surface area contributed by atoms with Crippen molar-refractivity contribution in [1.82, 2.24) is 4.98 Å². The molecule has 1 unspecified atom stereocenters. The Morgan fingerprint density at radius 2 is 1.86 bits per heavy atom. The molecule has 2 aliphatic carbocycles. The molecule has 1 aromatic carbocycles. The van der Waals surface area contributed by atoms with Crippen LogP contribution in [0.5, 0.6) is 0 Å². The number of thiazole rings is 1. The normalized spacial score (nSPS) is 26.4. The van der Waals surface area contributed by atoms with E-state index in [2.05, 4.69) is 38.1 Å². The summed E-state index contributed by atoms with van der Waals surface area (Å²) in [5, 5.41) is 1.13. The van der Waals surface area contributed by atoms with Crippen LogP contribution < -0.4 is 5.73 Å². The molecule has 0 amide bonds. The Labute approximate surface area is 130 Å². The molecule has 110 valence electrons. The summed E-state index contributed by atoms with van der Waals surface area (Å²) in [5.74, 6) is 0. The van der Waals surface area contributed by atoms with Gasteiger partial charge in [0.15, 0.2) is 0 Å². The largest absolute Gasteiger partial charge is 0.316 e. The first kappa shape index (κ1) is 13.5. The van der Waals surface area contributed by atoms with Crippen LogP contribution in [0.3, 0.4) is 0 Å². The van der Waals surface area contributed by atoms with E-state index in [0.717, 1.165) is 24.3 Å². The summed E-state index contributed by atoms with van der Waals surface area (Å²) in [5.41, 5.74) is 10.7. The number of nitrogens with zero attached hydrogens (tertiary/aromatic N) is 1. The summed E-state index contributed by atoms with van der Waals surface area (Å²) in [4.78, 5) is 6.40. The molecule has 1 aromatic heterocycles. The van der Waals surface area contributed by atoms with Crippen molar-refractivity contribution in [2.45, 2.75) is 56.9 Å². The maximum atomic E-state index is 6.92. The van der Waals surface area contributed by atoms with Crippen LogP contribution in [0.15, 0.2) is 24.3 Å². The maximum absolute atomic E-state index is 6.92. The third-order valence-electron chi connectivity index (χ3n) is 5.26. The molecule has 2 aromatic rings. The fourth-order valence-corrected chi connectivity index (χ4v) is 5.14. The molecule has 2 nitrogen and oxygen atoms in total. The van der Waals surface area contributed by atoms with Crippen molar-refractivity contribution in [3.63, 3.8) is 0 Å². The monoisotopic (exact) mass is 298 g/mol. The lowest BCUT2D eigenvalue weighted by atomic mass is 9.66. The Balaban J connectivity index is 1.87. The Morgan fingerprint density at radius 1 is 1.10 bits per heavy atom. The first-order chi connectivity index (χ1) is 10.0. The van der Waals surface area contributed by atoms with Gasteiger partial charge in [-0.2, -0.15) is 0 Å². The van der Waals surface area contributed by atoms with Crippen LogP contribution in [-0.4, -0.2) is 4.98 Å². The number of hydrogen-bond donors (Lipinski definition) is 1. The Hall–Kier alpha value is -1.19. The number of benzene rings is 1. The SMILES string of the molecule is CC1(C)CCC(N)(c2nc3c(s2)CCC3)c2ccccc21. The maximum Gasteiger partial charge on any atom is 0.118 e. The lowest BCUT2D eigenvalue weighted by molar-refractivity contribution is 0.337. The average Bonchev–Trinajstić information content (AvgIpc) is 3.05. The minimum Gasteiger partial charge on any atom is -0.316 e. The first-order valence-corrected chi connectivity index (χ1v) is 8.70. The molecule has 1 heterocycles. The predicted molar refractivity (Wildman–Crippen MR) is 87.8 cm³/mol. The van der Waals surface area contributed by atoms with E-state index in [-0.39, 0.29) is 11.0 Å². The van der Waals surface area contributed by atoms with Gasteiger partial charge in [0.1, 0.15) is 5.01 Å². The van der Waals surface area contributed by atoms with E-state index < -0.39 is 0 Å². The quantitative estimate of drug-likeness (QED) is 0.867. The molecule has 2 N–H and O–H groups in total. The summed E-state index contributed by atoms with van der Waals surface area (Å²) in [6.07, 6.45) is 5.69. The zero-order valence-corrected chi connectivity index (χ0v) is 13.6. The van der Waals surface area contributed by atoms with Crippen molar-refractivity contribution in [2.24, 2.45) is 5.73 Å². The molecule has 0 spiro atoms. The summed E-state index contributed by atoms with van der Waals surface area (Å²) < 4.78 is 0. The molecular formula is C18H22N2S. The van der Waals surface area contributed by atoms with E-state index in [4.69, 9.17) is 10.7 Å². The van der Waals surface area contributed by atoms with Gasteiger partial charge >= 0.3 is 0 Å². The molecule has 0 saturated carbocycles. The summed E-state index contributed by atoms with van der Waals surface area (Å²) in [6.45, 7) is 4.65. The van der Waals surface area contributed by atoms with E-state index in [1.807, 2.05) is 11.3 Å². The molecule has 0 radical (unpaired) electrons. The Kier molecular flexibility index (Phi) is 2.82. The van der Waals surface area contributed by atoms with Crippen molar-refractivity contribution < 1.29 is 0 Å². The molecule has 21 heavy (non-hydrogen) atoms. The van der Waals surface area contributed by atoms with Crippen LogP contribution in [0.1, 0.15) is 59.8 Å². The van der Waals surface area contributed by atoms with Crippen molar-refractivity contribution in [1.29, 1.82) is 0 Å². The number of fused-ring (bicyclic) bond motifs is 2. The molecule has 3 heteroatoms. The highest BCUT2D eigenvalue weighted by atomic mass is 32.1. The number of rotatable bonds is 1. The zero-order valence-electron chi connectivity index (χ0n) is 12.8. The predicted octanol–water partition coefficient (Wildman–Crippen LogP) is 3.91. The van der Waals surface area contributed by atoms with Gasteiger partial charge in [-0.3, -0.25) is 0 Å². The Morgan fingerprint density at radius 3 is 2.62 bits per heavy atom. The van der Waals surface area contributed by atoms with Crippen LogP contribution in [0, 0.1) is 0 Å². The van der Waals surface area contributed by atoms with E-state index in [1.54, 1.807) is 0 Å². The lowest BCUT2D eigenvalue weighted by Crippen LogP contribution is -2.45. The van der Waals surface area contributed by atoms with Gasteiger partial charge < -0.3 is 5.73 Å². The first-order valence-electron chi connectivity index (χ1n) is 7.89. The number of hydrogen-bond acceptors (Lipinski definition) is 3. The van der Waals surface area contributed by atoms with E-state index in [1.165, 1.54) is 34.5 Å². The summed E-state index contributed by atoms with van der Waals surface area (Å²) in [6, 6.07) is 8.71. The van der Waals surface area contributed by atoms with E-state index in [9.17, 15) is 0 Å². The average molecular weight is 298 g/mol. The van der Waals surface area contributed by atoms with E-state index >= 15 is 0 Å². The van der Waals surface area contributed by atoms with Gasteiger partial charge in [0, 0.05) is 4.88 Å². The van der Waals surface area contributed by atoms with Crippen molar-refractivity contribution in [3.8, 4) is 0 Å². The molecule has 0 bridgehead atoms. The second-order valence-electron chi connectivity index (χ2n) is 7.14. The highest BCUT2D eigenvalue weighted by Crippen LogP contribution is 2.48. The summed E-state index contributed by atoms with van der Waals surface area (Å²) in [7, 11) is 0. The van der Waals surface area contributed by atoms with Gasteiger partial charge in [0.25, 0.3) is 0 Å². The molecule has 0 fully saturated rings. The smallest absolute Gasteiger partial charge is 0.118 e. The van der Waals surface area contributed by atoms with Crippen LogP contribution in [-0.2, 0) is 23.8 Å². The van der Waals surface area contributed by atoms with Gasteiger partial charge in [-0.15, -0.1) is 11.3 Å². The molecule has 0 saturated heterocycles. The van der Waals surface area contributed by atoms with E-state index in [0.29, 0.717) is 0 Å². The molecular weight excluding hydrogens is 276 g/mol. The van der Waals surface area contributed by atoms with Crippen LogP contribution in [0.4, 0.5) is 0 Å². The molecule has 0 aliphatic heterocycles. The molecule has 4 rings (SSSR count). The fraction of sp³-hybridized carbons (Fsp3) is 0.500. The van der Waals surface area contributed by atoms with Crippen molar-refractivity contribution in [2.75, 3.05) is 0 Å². The second kappa shape index (κ2) is 4.40. The lowest BCUT2D eigenvalue weighted by Gasteiger charge is -2.42. The highest BCUT2D eigenvalue weighted by molar-refractivity contribution is 7.12. The van der Waals surface area contributed by atoms with Crippen LogP contribution in [0.2, 0.25) is 0 Å². The van der Waals surface area contributed by atoms with Crippen molar-refractivity contribution >= 4 is 11.3 Å². The van der Waals surface area contributed by atoms with Crippen molar-refractivity contribution in [3.05, 3.63) is 51.0 Å². The standard InChI is InChI=1S/C18H22N2S/c1-17(2)10-11-18(19,13-7-4-3-6-12(13)17)16-20-14-8-5-9-15(14)21-16/h3-4,6-7H,5,8-11,19H2,1-2H3. The highest BCUT2D eigenvalue weighted by Gasteiger charge is 2.43. The molecule has 2 aliphatic rings. The number of nitrogens with two attached hydrogens (primary N) is 1. The van der Waals surface area contributed by atoms with Gasteiger partial charge in [0.05, 0.1) is 11.2 Å². The molecule has 1 atom stereocenters. The minimum atomic E-state index is -0.388. The summed E-state index contributed by atoms with van der Waals surface area (Å²) >= 11 is 1.85.